The normalized spacial score (nSPS) is 10.6. The first kappa shape index (κ1) is 12.5. The van der Waals surface area contributed by atoms with Crippen molar-refractivity contribution in [1.82, 2.24) is 0 Å². The van der Waals surface area contributed by atoms with E-state index >= 15 is 0 Å². The number of hydrogen-bond acceptors (Lipinski definition) is 4. The van der Waals surface area contributed by atoms with Gasteiger partial charge >= 0.3 is 0 Å². The Hall–Kier alpha value is -1.94. The maximum absolute atomic E-state index is 6.13. The van der Waals surface area contributed by atoms with Gasteiger partial charge < -0.3 is 20.2 Å². The predicted octanol–water partition coefficient (Wildman–Crippen LogP) is 2.76. The van der Waals surface area contributed by atoms with Gasteiger partial charge in [-0.25, -0.2) is 0 Å². The summed E-state index contributed by atoms with van der Waals surface area (Å²) in [5.41, 5.74) is 9.83. The van der Waals surface area contributed by atoms with Crippen LogP contribution in [0.15, 0.2) is 34.9 Å². The summed E-state index contributed by atoms with van der Waals surface area (Å²) in [7, 11) is 3.56. The first-order valence-electron chi connectivity index (χ1n) is 5.89. The highest BCUT2D eigenvalue weighted by Crippen LogP contribution is 2.33. The van der Waals surface area contributed by atoms with E-state index < -0.39 is 0 Å². The third kappa shape index (κ3) is 2.49. The summed E-state index contributed by atoms with van der Waals surface area (Å²) in [5, 5.41) is 3.11. The van der Waals surface area contributed by atoms with Crippen LogP contribution in [0, 0.1) is 0 Å². The Kier molecular flexibility index (Phi) is 3.89. The average molecular weight is 246 g/mol. The van der Waals surface area contributed by atoms with E-state index in [1.54, 1.807) is 13.4 Å². The van der Waals surface area contributed by atoms with Crippen molar-refractivity contribution < 1.29 is 9.15 Å². The van der Waals surface area contributed by atoms with Crippen LogP contribution in [0.1, 0.15) is 5.56 Å². The molecule has 0 amide bonds. The zero-order valence-electron chi connectivity index (χ0n) is 10.7. The number of hydrogen-bond donors (Lipinski definition) is 2. The van der Waals surface area contributed by atoms with E-state index in [0.29, 0.717) is 12.3 Å². The van der Waals surface area contributed by atoms with Crippen LogP contribution in [0.3, 0.4) is 0 Å². The quantitative estimate of drug-likeness (QED) is 0.796. The molecule has 0 spiro atoms. The Labute approximate surface area is 107 Å². The largest absolute Gasteiger partial charge is 0.464 e. The highest BCUT2D eigenvalue weighted by molar-refractivity contribution is 5.84. The Morgan fingerprint density at radius 3 is 2.83 bits per heavy atom. The molecule has 2 aromatic rings. The molecule has 0 aliphatic carbocycles. The molecular weight excluding hydrogens is 228 g/mol. The number of benzene rings is 1. The van der Waals surface area contributed by atoms with E-state index in [1.807, 2.05) is 31.3 Å². The molecule has 0 radical (unpaired) electrons. The van der Waals surface area contributed by atoms with Gasteiger partial charge in [0.05, 0.1) is 24.2 Å². The van der Waals surface area contributed by atoms with E-state index in [1.165, 1.54) is 5.56 Å². The van der Waals surface area contributed by atoms with Crippen LogP contribution in [-0.4, -0.2) is 20.8 Å². The zero-order valence-corrected chi connectivity index (χ0v) is 10.7. The van der Waals surface area contributed by atoms with E-state index in [4.69, 9.17) is 14.9 Å². The van der Waals surface area contributed by atoms with Crippen LogP contribution in [0.2, 0.25) is 0 Å². The molecule has 0 saturated carbocycles. The van der Waals surface area contributed by atoms with Gasteiger partial charge in [0.25, 0.3) is 0 Å². The number of rotatable bonds is 5. The summed E-state index contributed by atoms with van der Waals surface area (Å²) in [6.07, 6.45) is 2.49. The van der Waals surface area contributed by atoms with Gasteiger partial charge in [0.1, 0.15) is 5.76 Å². The fourth-order valence-electron chi connectivity index (χ4n) is 1.92. The van der Waals surface area contributed by atoms with Crippen molar-refractivity contribution >= 4 is 11.4 Å². The zero-order chi connectivity index (χ0) is 13.0. The molecule has 0 bridgehead atoms. The van der Waals surface area contributed by atoms with Crippen LogP contribution in [0.5, 0.6) is 0 Å². The summed E-state index contributed by atoms with van der Waals surface area (Å²) in [6.45, 7) is 0.685. The minimum absolute atomic E-state index is 0.685. The van der Waals surface area contributed by atoms with Gasteiger partial charge in [-0.3, -0.25) is 0 Å². The van der Waals surface area contributed by atoms with Crippen molar-refractivity contribution in [3.05, 3.63) is 36.1 Å². The third-order valence-electron chi connectivity index (χ3n) is 2.89. The van der Waals surface area contributed by atoms with Crippen LogP contribution in [0.4, 0.5) is 11.4 Å². The van der Waals surface area contributed by atoms with Crippen molar-refractivity contribution in [2.45, 2.75) is 6.42 Å². The summed E-state index contributed by atoms with van der Waals surface area (Å²) < 4.78 is 10.5. The number of nitrogens with one attached hydrogen (secondary N) is 1. The molecule has 0 aliphatic heterocycles. The first-order chi connectivity index (χ1) is 8.76. The van der Waals surface area contributed by atoms with Gasteiger partial charge in [0, 0.05) is 19.7 Å². The van der Waals surface area contributed by atoms with Gasteiger partial charge in [-0.1, -0.05) is 0 Å². The molecule has 3 N–H and O–H groups in total. The average Bonchev–Trinajstić information content (AvgIpc) is 2.91. The molecule has 18 heavy (non-hydrogen) atoms. The monoisotopic (exact) mass is 246 g/mol. The fraction of sp³-hybridized carbons (Fsp3) is 0.286. The number of ether oxygens (including phenoxy) is 1. The summed E-state index contributed by atoms with van der Waals surface area (Å²) in [4.78, 5) is 0. The fourth-order valence-corrected chi connectivity index (χ4v) is 1.92. The second kappa shape index (κ2) is 5.60. The van der Waals surface area contributed by atoms with Crippen molar-refractivity contribution in [3.63, 3.8) is 0 Å². The highest BCUT2D eigenvalue weighted by Gasteiger charge is 2.11. The maximum atomic E-state index is 6.13. The van der Waals surface area contributed by atoms with Gasteiger partial charge in [0.15, 0.2) is 0 Å². The molecule has 0 atom stereocenters. The van der Waals surface area contributed by atoms with Gasteiger partial charge in [-0.2, -0.15) is 0 Å². The number of methoxy groups -OCH3 is 1. The molecular formula is C14H18N2O2. The standard InChI is InChI=1S/C14H18N2O2/c1-16-12-9-10(5-7-17-2)8-11(14(12)15)13-4-3-6-18-13/h3-4,6,8-9,16H,5,7,15H2,1-2H3. The lowest BCUT2D eigenvalue weighted by Gasteiger charge is -2.12. The van der Waals surface area contributed by atoms with Gasteiger partial charge in [-0.05, 0) is 36.2 Å². The van der Waals surface area contributed by atoms with Gasteiger partial charge in [0.2, 0.25) is 0 Å². The third-order valence-corrected chi connectivity index (χ3v) is 2.89. The number of nitrogens with two attached hydrogens (primary N) is 1. The Morgan fingerprint density at radius 1 is 1.39 bits per heavy atom. The second-order valence-corrected chi connectivity index (χ2v) is 4.07. The SMILES string of the molecule is CNc1cc(CCOC)cc(-c2ccco2)c1N. The molecule has 96 valence electrons. The minimum Gasteiger partial charge on any atom is -0.464 e. The predicted molar refractivity (Wildman–Crippen MR) is 73.7 cm³/mol. The molecule has 1 heterocycles. The van der Waals surface area contributed by atoms with Crippen LogP contribution in [-0.2, 0) is 11.2 Å². The van der Waals surface area contributed by atoms with E-state index in [2.05, 4.69) is 5.32 Å². The van der Waals surface area contributed by atoms with Crippen LogP contribution < -0.4 is 11.1 Å². The molecule has 0 aliphatic rings. The van der Waals surface area contributed by atoms with Gasteiger partial charge in [-0.15, -0.1) is 0 Å². The molecule has 0 saturated heterocycles. The number of anilines is 2. The Morgan fingerprint density at radius 2 is 2.22 bits per heavy atom. The molecule has 2 rings (SSSR count). The first-order valence-corrected chi connectivity index (χ1v) is 5.89. The van der Waals surface area contributed by atoms with Crippen molar-refractivity contribution in [2.75, 3.05) is 31.8 Å². The summed E-state index contributed by atoms with van der Waals surface area (Å²) in [5.74, 6) is 0.781. The smallest absolute Gasteiger partial charge is 0.136 e. The lowest BCUT2D eigenvalue weighted by atomic mass is 10.0. The van der Waals surface area contributed by atoms with Crippen molar-refractivity contribution in [2.24, 2.45) is 0 Å². The van der Waals surface area contributed by atoms with E-state index in [-0.39, 0.29) is 0 Å². The topological polar surface area (TPSA) is 60.4 Å². The molecule has 4 nitrogen and oxygen atoms in total. The maximum Gasteiger partial charge on any atom is 0.136 e. The van der Waals surface area contributed by atoms with Crippen molar-refractivity contribution in [1.29, 1.82) is 0 Å². The highest BCUT2D eigenvalue weighted by atomic mass is 16.5. The molecule has 4 heteroatoms. The van der Waals surface area contributed by atoms with E-state index in [9.17, 15) is 0 Å². The Balaban J connectivity index is 2.43. The van der Waals surface area contributed by atoms with Crippen LogP contribution >= 0.6 is 0 Å². The second-order valence-electron chi connectivity index (χ2n) is 4.07. The summed E-state index contributed by atoms with van der Waals surface area (Å²) in [6, 6.07) is 7.86. The molecule has 0 unspecified atom stereocenters. The Bertz CT molecular complexity index is 507. The molecule has 1 aromatic heterocycles. The lowest BCUT2D eigenvalue weighted by molar-refractivity contribution is 0.202. The van der Waals surface area contributed by atoms with E-state index in [0.717, 1.165) is 23.4 Å². The lowest BCUT2D eigenvalue weighted by Crippen LogP contribution is -2.02. The summed E-state index contributed by atoms with van der Waals surface area (Å²) >= 11 is 0. The number of nitrogen functional groups attached to an aromatic ring is 1. The van der Waals surface area contributed by atoms with Crippen LogP contribution in [0.25, 0.3) is 11.3 Å². The molecule has 1 aromatic carbocycles. The van der Waals surface area contributed by atoms with Crippen molar-refractivity contribution in [3.8, 4) is 11.3 Å². The number of furan rings is 1. The molecule has 0 fully saturated rings. The minimum atomic E-state index is 0.685.